The van der Waals surface area contributed by atoms with E-state index in [2.05, 4.69) is 9.97 Å². The van der Waals surface area contributed by atoms with Gasteiger partial charge in [-0.25, -0.2) is 13.8 Å². The quantitative estimate of drug-likeness (QED) is 0.805. The number of anilines is 1. The third-order valence-corrected chi connectivity index (χ3v) is 4.09. The summed E-state index contributed by atoms with van der Waals surface area (Å²) >= 11 is 0. The lowest BCUT2D eigenvalue weighted by molar-refractivity contribution is 0.261. The molecular weight excluding hydrogens is 324 g/mol. The third-order valence-electron chi connectivity index (χ3n) is 4.09. The maximum atomic E-state index is 14.5. The molecule has 1 aliphatic heterocycles. The number of aryl methyl sites for hydroxylation is 1. The topological polar surface area (TPSA) is 38.2 Å². The first-order chi connectivity index (χ1) is 11.9. The molecule has 0 radical (unpaired) electrons. The highest BCUT2D eigenvalue weighted by Gasteiger charge is 2.22. The molecule has 0 saturated carbocycles. The first-order valence-electron chi connectivity index (χ1n) is 8.67. The van der Waals surface area contributed by atoms with Gasteiger partial charge >= 0.3 is 0 Å². The number of nitrogens with zero attached hydrogens (tertiary/aromatic N) is 3. The van der Waals surface area contributed by atoms with E-state index in [4.69, 9.17) is 4.74 Å². The molecule has 0 aliphatic carbocycles. The van der Waals surface area contributed by atoms with Gasteiger partial charge < -0.3 is 9.64 Å². The molecule has 0 bridgehead atoms. The summed E-state index contributed by atoms with van der Waals surface area (Å²) < 4.78 is 34.7. The van der Waals surface area contributed by atoms with Gasteiger partial charge in [-0.3, -0.25) is 0 Å². The van der Waals surface area contributed by atoms with Gasteiger partial charge in [-0.2, -0.15) is 4.98 Å². The van der Waals surface area contributed by atoms with Crippen LogP contribution in [-0.4, -0.2) is 29.7 Å². The van der Waals surface area contributed by atoms with Crippen molar-refractivity contribution < 1.29 is 13.5 Å². The van der Waals surface area contributed by atoms with Crippen molar-refractivity contribution in [3.63, 3.8) is 0 Å². The van der Waals surface area contributed by atoms with Crippen LogP contribution in [0.15, 0.2) is 18.2 Å². The van der Waals surface area contributed by atoms with Crippen LogP contribution in [-0.2, 0) is 0 Å². The van der Waals surface area contributed by atoms with E-state index in [1.54, 1.807) is 17.9 Å². The molecule has 6 heteroatoms. The first kappa shape index (κ1) is 17.6. The van der Waals surface area contributed by atoms with Crippen molar-refractivity contribution in [2.45, 2.75) is 33.6 Å². The van der Waals surface area contributed by atoms with Crippen LogP contribution in [0.1, 0.15) is 32.4 Å². The molecule has 1 saturated heterocycles. The number of halogens is 2. The van der Waals surface area contributed by atoms with Gasteiger partial charge in [-0.1, -0.05) is 13.8 Å². The second kappa shape index (κ2) is 7.33. The molecule has 134 valence electrons. The van der Waals surface area contributed by atoms with Crippen molar-refractivity contribution in [1.82, 2.24) is 9.97 Å². The monoisotopic (exact) mass is 347 g/mol. The lowest BCUT2D eigenvalue weighted by atomic mass is 10.1. The lowest BCUT2D eigenvalue weighted by Gasteiger charge is -2.19. The molecular formula is C19H23F2N3O. The minimum Gasteiger partial charge on any atom is -0.477 e. The number of benzene rings is 1. The largest absolute Gasteiger partial charge is 0.477 e. The molecule has 2 heterocycles. The van der Waals surface area contributed by atoms with Crippen molar-refractivity contribution in [3.8, 4) is 17.3 Å². The maximum Gasteiger partial charge on any atom is 0.217 e. The van der Waals surface area contributed by atoms with Crippen molar-refractivity contribution in [2.75, 3.05) is 24.6 Å². The van der Waals surface area contributed by atoms with E-state index in [1.807, 2.05) is 13.8 Å². The Bertz CT molecular complexity index is 735. The summed E-state index contributed by atoms with van der Waals surface area (Å²) in [5, 5.41) is 0. The molecule has 0 N–H and O–H groups in total. The van der Waals surface area contributed by atoms with E-state index in [9.17, 15) is 8.78 Å². The highest BCUT2D eigenvalue weighted by atomic mass is 19.1. The van der Waals surface area contributed by atoms with E-state index in [1.165, 1.54) is 12.1 Å². The van der Waals surface area contributed by atoms with Crippen LogP contribution in [0.25, 0.3) is 11.4 Å². The van der Waals surface area contributed by atoms with Crippen LogP contribution in [0.5, 0.6) is 5.88 Å². The number of ether oxygens (including phenoxy) is 1. The molecule has 1 fully saturated rings. The number of hydrogen-bond donors (Lipinski definition) is 0. The van der Waals surface area contributed by atoms with E-state index < -0.39 is 11.6 Å². The average Bonchev–Trinajstić information content (AvgIpc) is 3.05. The maximum absolute atomic E-state index is 14.5. The Kier molecular flexibility index (Phi) is 5.16. The predicted octanol–water partition coefficient (Wildman–Crippen LogP) is 4.37. The Morgan fingerprint density at radius 3 is 2.32 bits per heavy atom. The Balaban J connectivity index is 1.93. The third kappa shape index (κ3) is 4.06. The molecule has 1 aromatic carbocycles. The average molecular weight is 347 g/mol. The second-order valence-corrected chi connectivity index (χ2v) is 6.86. The molecule has 2 aromatic rings. The molecule has 25 heavy (non-hydrogen) atoms. The minimum absolute atomic E-state index is 0.0465. The molecule has 1 aliphatic rings. The fourth-order valence-electron chi connectivity index (χ4n) is 2.93. The summed E-state index contributed by atoms with van der Waals surface area (Å²) in [6, 6.07) is 4.33. The van der Waals surface area contributed by atoms with Crippen molar-refractivity contribution in [1.29, 1.82) is 0 Å². The fourth-order valence-corrected chi connectivity index (χ4v) is 2.93. The highest BCUT2D eigenvalue weighted by Crippen LogP contribution is 2.31. The first-order valence-corrected chi connectivity index (χ1v) is 8.67. The summed E-state index contributed by atoms with van der Waals surface area (Å²) in [6.07, 6.45) is 1.91. The van der Waals surface area contributed by atoms with E-state index in [-0.39, 0.29) is 11.5 Å². The normalized spacial score (nSPS) is 14.4. The van der Waals surface area contributed by atoms with E-state index in [0.717, 1.165) is 12.8 Å². The number of aromatic nitrogens is 2. The van der Waals surface area contributed by atoms with E-state index >= 15 is 0 Å². The fraction of sp³-hybridized carbons (Fsp3) is 0.474. The van der Waals surface area contributed by atoms with Crippen LogP contribution in [0, 0.1) is 24.5 Å². The van der Waals surface area contributed by atoms with Gasteiger partial charge in [-0.05, 0) is 37.8 Å². The molecule has 3 rings (SSSR count). The van der Waals surface area contributed by atoms with Crippen LogP contribution in [0.2, 0.25) is 0 Å². The Labute approximate surface area is 146 Å². The molecule has 0 unspecified atom stereocenters. The summed E-state index contributed by atoms with van der Waals surface area (Å²) in [5.41, 5.74) is 1.05. The van der Waals surface area contributed by atoms with Gasteiger partial charge in [0.1, 0.15) is 17.3 Å². The molecule has 0 spiro atoms. The van der Waals surface area contributed by atoms with Gasteiger partial charge in [-0.15, -0.1) is 0 Å². The lowest BCUT2D eigenvalue weighted by Crippen LogP contribution is -2.20. The van der Waals surface area contributed by atoms with Crippen LogP contribution >= 0.6 is 0 Å². The summed E-state index contributed by atoms with van der Waals surface area (Å²) in [5.74, 6) is -0.114. The van der Waals surface area contributed by atoms with Crippen molar-refractivity contribution in [3.05, 3.63) is 35.5 Å². The van der Waals surface area contributed by atoms with Gasteiger partial charge in [0.2, 0.25) is 5.88 Å². The van der Waals surface area contributed by atoms with Crippen LogP contribution in [0.3, 0.4) is 0 Å². The van der Waals surface area contributed by atoms with Gasteiger partial charge in [0.05, 0.1) is 6.61 Å². The van der Waals surface area contributed by atoms with Crippen LogP contribution < -0.4 is 9.64 Å². The highest BCUT2D eigenvalue weighted by molar-refractivity contribution is 5.62. The number of hydrogen-bond acceptors (Lipinski definition) is 4. The zero-order valence-electron chi connectivity index (χ0n) is 14.9. The standard InChI is InChI=1S/C19H23F2N3O/c1-12(2)11-25-17-8-13(3)22-19(23-17)14-9-15(20)18(16(21)10-14)24-6-4-5-7-24/h8-10,12H,4-7,11H2,1-3H3. The summed E-state index contributed by atoms with van der Waals surface area (Å²) in [7, 11) is 0. The van der Waals surface area contributed by atoms with Gasteiger partial charge in [0.25, 0.3) is 0 Å². The van der Waals surface area contributed by atoms with Crippen LogP contribution in [0.4, 0.5) is 14.5 Å². The predicted molar refractivity (Wildman–Crippen MR) is 93.9 cm³/mol. The van der Waals surface area contributed by atoms with E-state index in [0.29, 0.717) is 42.8 Å². The van der Waals surface area contributed by atoms with Gasteiger partial charge in [0, 0.05) is 30.4 Å². The second-order valence-electron chi connectivity index (χ2n) is 6.86. The Morgan fingerprint density at radius 2 is 1.72 bits per heavy atom. The smallest absolute Gasteiger partial charge is 0.217 e. The number of rotatable bonds is 5. The zero-order chi connectivity index (χ0) is 18.0. The minimum atomic E-state index is -0.577. The Hall–Kier alpha value is -2.24. The van der Waals surface area contributed by atoms with Gasteiger partial charge in [0.15, 0.2) is 5.82 Å². The SMILES string of the molecule is Cc1cc(OCC(C)C)nc(-c2cc(F)c(N3CCCC3)c(F)c2)n1. The Morgan fingerprint density at radius 1 is 1.08 bits per heavy atom. The zero-order valence-corrected chi connectivity index (χ0v) is 14.9. The molecule has 4 nitrogen and oxygen atoms in total. The molecule has 1 aromatic heterocycles. The summed E-state index contributed by atoms with van der Waals surface area (Å²) in [6.45, 7) is 7.77. The molecule has 0 amide bonds. The van der Waals surface area contributed by atoms with Crippen molar-refractivity contribution >= 4 is 5.69 Å². The van der Waals surface area contributed by atoms with Crippen molar-refractivity contribution in [2.24, 2.45) is 5.92 Å². The summed E-state index contributed by atoms with van der Waals surface area (Å²) in [4.78, 5) is 10.4. The molecule has 0 atom stereocenters.